The Balaban J connectivity index is 3.15. The smallest absolute Gasteiger partial charge is 0.405 e. The highest BCUT2D eigenvalue weighted by atomic mass is 19.4. The number of rotatable bonds is 2. The molecule has 0 saturated carbocycles. The second kappa shape index (κ2) is 3.97. The van der Waals surface area contributed by atoms with E-state index in [0.717, 1.165) is 0 Å². The summed E-state index contributed by atoms with van der Waals surface area (Å²) in [5.41, 5.74) is 4.34. The molecule has 1 heterocycles. The predicted molar refractivity (Wildman–Crippen MR) is 38.7 cm³/mol. The Hall–Kier alpha value is -1.44. The number of hydrogen-bond donors (Lipinski definition) is 1. The summed E-state index contributed by atoms with van der Waals surface area (Å²) in [6.07, 6.45) is -5.04. The van der Waals surface area contributed by atoms with Crippen molar-refractivity contribution >= 4 is 0 Å². The molecule has 1 rings (SSSR count). The van der Waals surface area contributed by atoms with E-state index in [1.807, 2.05) is 0 Å². The molecular formula is C7H5F5N2O. The van der Waals surface area contributed by atoms with Crippen LogP contribution in [-0.2, 0) is 6.54 Å². The van der Waals surface area contributed by atoms with Crippen molar-refractivity contribution in [2.75, 3.05) is 0 Å². The van der Waals surface area contributed by atoms with Gasteiger partial charge in [-0.1, -0.05) is 0 Å². The Morgan fingerprint density at radius 3 is 2.40 bits per heavy atom. The van der Waals surface area contributed by atoms with Gasteiger partial charge in [-0.15, -0.1) is 13.2 Å². The van der Waals surface area contributed by atoms with Crippen LogP contribution in [0, 0.1) is 11.9 Å². The van der Waals surface area contributed by atoms with Crippen LogP contribution in [-0.4, -0.2) is 11.3 Å². The fourth-order valence-electron chi connectivity index (χ4n) is 0.891. The van der Waals surface area contributed by atoms with Crippen molar-refractivity contribution in [2.45, 2.75) is 12.9 Å². The Kier molecular flexibility index (Phi) is 3.08. The molecule has 0 spiro atoms. The molecule has 0 radical (unpaired) electrons. The number of hydrogen-bond acceptors (Lipinski definition) is 3. The van der Waals surface area contributed by atoms with Crippen molar-refractivity contribution in [3.63, 3.8) is 0 Å². The van der Waals surface area contributed by atoms with Crippen molar-refractivity contribution < 1.29 is 26.7 Å². The van der Waals surface area contributed by atoms with Crippen LogP contribution in [0.2, 0.25) is 0 Å². The van der Waals surface area contributed by atoms with Crippen molar-refractivity contribution in [3.8, 4) is 5.75 Å². The molecule has 2 N–H and O–H groups in total. The van der Waals surface area contributed by atoms with Gasteiger partial charge in [0.25, 0.3) is 0 Å². The molecule has 0 atom stereocenters. The minimum Gasteiger partial charge on any atom is -0.405 e. The summed E-state index contributed by atoms with van der Waals surface area (Å²) in [4.78, 5) is 2.67. The highest BCUT2D eigenvalue weighted by Crippen LogP contribution is 2.27. The number of halogens is 5. The fourth-order valence-corrected chi connectivity index (χ4v) is 0.891. The van der Waals surface area contributed by atoms with Gasteiger partial charge in [-0.2, -0.15) is 13.8 Å². The average Bonchev–Trinajstić information content (AvgIpc) is 1.99. The number of alkyl halides is 3. The molecule has 0 saturated heterocycles. The van der Waals surface area contributed by atoms with Crippen molar-refractivity contribution in [1.29, 1.82) is 0 Å². The number of nitrogens with zero attached hydrogens (tertiary/aromatic N) is 1. The third kappa shape index (κ3) is 3.01. The standard InChI is InChI=1S/C7H5F5N2O/c8-5-1-4(15-7(10,11)12)3(2-13)6(9)14-5/h1H,2,13H2. The highest BCUT2D eigenvalue weighted by molar-refractivity contribution is 5.31. The monoisotopic (exact) mass is 228 g/mol. The minimum absolute atomic E-state index is 0.318. The molecule has 0 aromatic carbocycles. The molecule has 3 nitrogen and oxygen atoms in total. The molecule has 0 aliphatic carbocycles. The SMILES string of the molecule is NCc1c(OC(F)(F)F)cc(F)nc1F. The molecular weight excluding hydrogens is 223 g/mol. The Labute approximate surface area is 80.7 Å². The summed E-state index contributed by atoms with van der Waals surface area (Å²) < 4.78 is 64.1. The molecule has 0 aliphatic heterocycles. The first-order valence-corrected chi connectivity index (χ1v) is 3.64. The summed E-state index contributed by atoms with van der Waals surface area (Å²) >= 11 is 0. The zero-order valence-electron chi connectivity index (χ0n) is 7.11. The first-order chi connectivity index (χ1) is 6.83. The Morgan fingerprint density at radius 2 is 1.93 bits per heavy atom. The van der Waals surface area contributed by atoms with E-state index in [1.54, 1.807) is 0 Å². The van der Waals surface area contributed by atoms with Gasteiger partial charge in [-0.3, -0.25) is 0 Å². The molecule has 8 heteroatoms. The van der Waals surface area contributed by atoms with Crippen molar-refractivity contribution in [2.24, 2.45) is 5.73 Å². The van der Waals surface area contributed by atoms with Gasteiger partial charge in [-0.25, -0.2) is 0 Å². The lowest BCUT2D eigenvalue weighted by Gasteiger charge is -2.12. The van der Waals surface area contributed by atoms with Gasteiger partial charge in [0.15, 0.2) is 0 Å². The predicted octanol–water partition coefficient (Wildman–Crippen LogP) is 1.72. The summed E-state index contributed by atoms with van der Waals surface area (Å²) in [6.45, 7) is -0.579. The van der Waals surface area contributed by atoms with Gasteiger partial charge in [0.05, 0.1) is 5.56 Å². The number of aromatic nitrogens is 1. The highest BCUT2D eigenvalue weighted by Gasteiger charge is 2.33. The first-order valence-electron chi connectivity index (χ1n) is 3.64. The average molecular weight is 228 g/mol. The molecule has 84 valence electrons. The maximum Gasteiger partial charge on any atom is 0.573 e. The molecule has 1 aromatic rings. The third-order valence-corrected chi connectivity index (χ3v) is 1.43. The molecule has 0 unspecified atom stereocenters. The van der Waals surface area contributed by atoms with E-state index in [-0.39, 0.29) is 0 Å². The first kappa shape index (κ1) is 11.6. The molecule has 0 amide bonds. The van der Waals surface area contributed by atoms with Crippen LogP contribution in [0.25, 0.3) is 0 Å². The molecule has 0 bridgehead atoms. The van der Waals surface area contributed by atoms with E-state index in [1.165, 1.54) is 0 Å². The minimum atomic E-state index is -5.04. The van der Waals surface area contributed by atoms with Gasteiger partial charge in [0, 0.05) is 12.6 Å². The van der Waals surface area contributed by atoms with E-state index in [9.17, 15) is 22.0 Å². The van der Waals surface area contributed by atoms with Gasteiger partial charge < -0.3 is 10.5 Å². The van der Waals surface area contributed by atoms with Crippen LogP contribution in [0.4, 0.5) is 22.0 Å². The van der Waals surface area contributed by atoms with E-state index in [2.05, 4.69) is 9.72 Å². The van der Waals surface area contributed by atoms with E-state index >= 15 is 0 Å². The zero-order valence-corrected chi connectivity index (χ0v) is 7.11. The van der Waals surface area contributed by atoms with Gasteiger partial charge in [-0.05, 0) is 0 Å². The quantitative estimate of drug-likeness (QED) is 0.619. The second-order valence-corrected chi connectivity index (χ2v) is 2.46. The normalized spacial score (nSPS) is 11.6. The molecule has 1 aromatic heterocycles. The summed E-state index contributed by atoms with van der Waals surface area (Å²) in [5, 5.41) is 0. The molecule has 0 fully saturated rings. The van der Waals surface area contributed by atoms with E-state index in [0.29, 0.717) is 6.07 Å². The maximum atomic E-state index is 12.8. The zero-order chi connectivity index (χ0) is 11.6. The number of pyridine rings is 1. The maximum absolute atomic E-state index is 12.8. The lowest BCUT2D eigenvalue weighted by Crippen LogP contribution is -2.20. The summed E-state index contributed by atoms with van der Waals surface area (Å²) in [7, 11) is 0. The molecule has 15 heavy (non-hydrogen) atoms. The van der Waals surface area contributed by atoms with Gasteiger partial charge in [0.1, 0.15) is 5.75 Å². The van der Waals surface area contributed by atoms with Gasteiger partial charge in [0.2, 0.25) is 11.9 Å². The Bertz CT molecular complexity index is 365. The Morgan fingerprint density at radius 1 is 1.33 bits per heavy atom. The van der Waals surface area contributed by atoms with Crippen LogP contribution in [0.3, 0.4) is 0 Å². The lowest BCUT2D eigenvalue weighted by molar-refractivity contribution is -0.275. The van der Waals surface area contributed by atoms with Crippen LogP contribution in [0.5, 0.6) is 5.75 Å². The van der Waals surface area contributed by atoms with Crippen LogP contribution >= 0.6 is 0 Å². The summed E-state index contributed by atoms with van der Waals surface area (Å²) in [5.74, 6) is -3.85. The largest absolute Gasteiger partial charge is 0.573 e. The third-order valence-electron chi connectivity index (χ3n) is 1.43. The van der Waals surface area contributed by atoms with Crippen molar-refractivity contribution in [3.05, 3.63) is 23.5 Å². The topological polar surface area (TPSA) is 48.1 Å². The van der Waals surface area contributed by atoms with E-state index < -0.39 is 36.1 Å². The lowest BCUT2D eigenvalue weighted by atomic mass is 10.2. The number of nitrogens with two attached hydrogens (primary N) is 1. The molecule has 0 aliphatic rings. The summed E-state index contributed by atoms with van der Waals surface area (Å²) in [6, 6.07) is 0.318. The van der Waals surface area contributed by atoms with Crippen LogP contribution < -0.4 is 10.5 Å². The number of ether oxygens (including phenoxy) is 1. The van der Waals surface area contributed by atoms with Crippen molar-refractivity contribution in [1.82, 2.24) is 4.98 Å². The van der Waals surface area contributed by atoms with Crippen LogP contribution in [0.15, 0.2) is 6.07 Å². The van der Waals surface area contributed by atoms with Crippen LogP contribution in [0.1, 0.15) is 5.56 Å². The second-order valence-electron chi connectivity index (χ2n) is 2.46. The fraction of sp³-hybridized carbons (Fsp3) is 0.286. The van der Waals surface area contributed by atoms with E-state index in [4.69, 9.17) is 5.73 Å². The van der Waals surface area contributed by atoms with Gasteiger partial charge >= 0.3 is 6.36 Å².